The van der Waals surface area contributed by atoms with Gasteiger partial charge in [-0.1, -0.05) is 26.0 Å². The van der Waals surface area contributed by atoms with Gasteiger partial charge in [0.1, 0.15) is 0 Å². The Morgan fingerprint density at radius 1 is 1.07 bits per heavy atom. The number of urea groups is 1. The van der Waals surface area contributed by atoms with Crippen LogP contribution in [0.1, 0.15) is 25.8 Å². The molecule has 29 heavy (non-hydrogen) atoms. The zero-order valence-electron chi connectivity index (χ0n) is 17.2. The zero-order valence-corrected chi connectivity index (χ0v) is 17.2. The summed E-state index contributed by atoms with van der Waals surface area (Å²) in [4.78, 5) is 26.9. The van der Waals surface area contributed by atoms with Crippen molar-refractivity contribution in [2.45, 2.75) is 26.7 Å². The van der Waals surface area contributed by atoms with E-state index in [0.717, 1.165) is 24.1 Å². The van der Waals surface area contributed by atoms with E-state index >= 15 is 0 Å². The van der Waals surface area contributed by atoms with Gasteiger partial charge in [0, 0.05) is 23.8 Å². The van der Waals surface area contributed by atoms with E-state index in [0.29, 0.717) is 29.4 Å². The van der Waals surface area contributed by atoms with E-state index in [1.165, 1.54) is 7.11 Å². The summed E-state index contributed by atoms with van der Waals surface area (Å²) < 4.78 is 10.6. The predicted molar refractivity (Wildman–Crippen MR) is 114 cm³/mol. The Labute approximate surface area is 171 Å². The highest BCUT2D eigenvalue weighted by Gasteiger charge is 2.24. The Kier molecular flexibility index (Phi) is 6.26. The Morgan fingerprint density at radius 2 is 1.86 bits per heavy atom. The number of carbonyl (C=O) groups excluding carboxylic acids is 2. The minimum absolute atomic E-state index is 0.0820. The van der Waals surface area contributed by atoms with Crippen molar-refractivity contribution >= 4 is 29.0 Å². The highest BCUT2D eigenvalue weighted by atomic mass is 16.5. The van der Waals surface area contributed by atoms with E-state index in [9.17, 15) is 9.59 Å². The lowest BCUT2D eigenvalue weighted by Gasteiger charge is -2.31. The van der Waals surface area contributed by atoms with Gasteiger partial charge in [-0.25, -0.2) is 4.79 Å². The molecule has 0 bridgehead atoms. The molecule has 0 fully saturated rings. The van der Waals surface area contributed by atoms with Crippen LogP contribution in [0.3, 0.4) is 0 Å². The van der Waals surface area contributed by atoms with Gasteiger partial charge in [-0.15, -0.1) is 0 Å². The summed E-state index contributed by atoms with van der Waals surface area (Å²) in [5.41, 5.74) is 3.10. The quantitative estimate of drug-likeness (QED) is 0.789. The van der Waals surface area contributed by atoms with Gasteiger partial charge in [0.25, 0.3) is 0 Å². The number of amides is 3. The van der Waals surface area contributed by atoms with E-state index in [-0.39, 0.29) is 11.8 Å². The molecule has 1 aliphatic heterocycles. The fraction of sp³-hybridized carbons (Fsp3) is 0.364. The molecule has 1 aliphatic rings. The van der Waals surface area contributed by atoms with Crippen LogP contribution in [0.25, 0.3) is 0 Å². The van der Waals surface area contributed by atoms with Crippen LogP contribution in [0, 0.1) is 5.92 Å². The maximum absolute atomic E-state index is 12.6. The summed E-state index contributed by atoms with van der Waals surface area (Å²) in [6.07, 6.45) is 1.86. The molecule has 0 aliphatic carbocycles. The maximum Gasteiger partial charge on any atom is 0.323 e. The summed E-state index contributed by atoms with van der Waals surface area (Å²) in [7, 11) is 3.06. The lowest BCUT2D eigenvalue weighted by atomic mass is 9.99. The number of benzene rings is 2. The standard InChI is InChI=1S/C22H27N3O4/c1-14(2)21(26)25-12-6-7-15-10-11-16(13-18(15)25)23-22(27)24-17-8-5-9-19(28-3)20(17)29-4/h5,8-11,13-14H,6-7,12H2,1-4H3,(H2,23,24,27). The van der Waals surface area contributed by atoms with Crippen LogP contribution in [0.4, 0.5) is 21.9 Å². The number of anilines is 3. The second kappa shape index (κ2) is 8.86. The third kappa shape index (κ3) is 4.45. The van der Waals surface area contributed by atoms with Crippen molar-refractivity contribution < 1.29 is 19.1 Å². The normalized spacial score (nSPS) is 12.9. The number of ether oxygens (including phenoxy) is 2. The van der Waals surface area contributed by atoms with Crippen LogP contribution in [0.2, 0.25) is 0 Å². The van der Waals surface area contributed by atoms with Crippen LogP contribution >= 0.6 is 0 Å². The molecule has 154 valence electrons. The number of nitrogens with one attached hydrogen (secondary N) is 2. The fourth-order valence-corrected chi connectivity index (χ4v) is 3.46. The molecule has 7 nitrogen and oxygen atoms in total. The van der Waals surface area contributed by atoms with Crippen LogP contribution in [-0.2, 0) is 11.2 Å². The molecular weight excluding hydrogens is 370 g/mol. The van der Waals surface area contributed by atoms with Crippen molar-refractivity contribution in [3.63, 3.8) is 0 Å². The van der Waals surface area contributed by atoms with Crippen molar-refractivity contribution in [1.29, 1.82) is 0 Å². The summed E-state index contributed by atoms with van der Waals surface area (Å²) in [6, 6.07) is 10.5. The van der Waals surface area contributed by atoms with Gasteiger partial charge in [0.15, 0.2) is 11.5 Å². The number of hydrogen-bond donors (Lipinski definition) is 2. The molecule has 0 saturated heterocycles. The first kappa shape index (κ1) is 20.5. The Balaban J connectivity index is 1.79. The number of para-hydroxylation sites is 1. The van der Waals surface area contributed by atoms with Crippen molar-refractivity contribution in [3.05, 3.63) is 42.0 Å². The predicted octanol–water partition coefficient (Wildman–Crippen LogP) is 4.28. The number of hydrogen-bond acceptors (Lipinski definition) is 4. The first-order valence-electron chi connectivity index (χ1n) is 9.68. The molecule has 0 saturated carbocycles. The summed E-state index contributed by atoms with van der Waals surface area (Å²) in [5.74, 6) is 0.987. The smallest absolute Gasteiger partial charge is 0.323 e. The van der Waals surface area contributed by atoms with Crippen molar-refractivity contribution in [1.82, 2.24) is 0 Å². The summed E-state index contributed by atoms with van der Waals surface area (Å²) in [6.45, 7) is 4.49. The van der Waals surface area contributed by atoms with E-state index < -0.39 is 6.03 Å². The number of carbonyl (C=O) groups is 2. The number of methoxy groups -OCH3 is 2. The van der Waals surface area contributed by atoms with Crippen LogP contribution in [0.5, 0.6) is 11.5 Å². The molecule has 7 heteroatoms. The molecular formula is C22H27N3O4. The van der Waals surface area contributed by atoms with Crippen molar-refractivity contribution in [2.75, 3.05) is 36.3 Å². The average molecular weight is 397 g/mol. The molecule has 2 aromatic rings. The van der Waals surface area contributed by atoms with E-state index in [1.807, 2.05) is 36.9 Å². The number of rotatable bonds is 5. The fourth-order valence-electron chi connectivity index (χ4n) is 3.46. The van der Waals surface area contributed by atoms with Gasteiger partial charge in [-0.2, -0.15) is 0 Å². The third-order valence-electron chi connectivity index (χ3n) is 4.87. The molecule has 0 unspecified atom stereocenters. The minimum atomic E-state index is -0.408. The largest absolute Gasteiger partial charge is 0.493 e. The molecule has 0 spiro atoms. The molecule has 2 N–H and O–H groups in total. The molecule has 0 aromatic heterocycles. The SMILES string of the molecule is COc1cccc(NC(=O)Nc2ccc3c(c2)N(C(=O)C(C)C)CCC3)c1OC. The average Bonchev–Trinajstić information content (AvgIpc) is 2.72. The third-order valence-corrected chi connectivity index (χ3v) is 4.87. The molecule has 2 aromatic carbocycles. The lowest BCUT2D eigenvalue weighted by molar-refractivity contribution is -0.121. The zero-order chi connectivity index (χ0) is 21.0. The van der Waals surface area contributed by atoms with Crippen molar-refractivity contribution in [3.8, 4) is 11.5 Å². The number of fused-ring (bicyclic) bond motifs is 1. The number of nitrogens with zero attached hydrogens (tertiary/aromatic N) is 1. The second-order valence-corrected chi connectivity index (χ2v) is 7.21. The molecule has 1 heterocycles. The minimum Gasteiger partial charge on any atom is -0.493 e. The highest BCUT2D eigenvalue weighted by molar-refractivity contribution is 6.02. The topological polar surface area (TPSA) is 79.9 Å². The molecule has 3 rings (SSSR count). The van der Waals surface area contributed by atoms with Gasteiger partial charge in [-0.05, 0) is 42.7 Å². The van der Waals surface area contributed by atoms with Crippen molar-refractivity contribution in [2.24, 2.45) is 5.92 Å². The molecule has 0 radical (unpaired) electrons. The van der Waals surface area contributed by atoms with Gasteiger partial charge < -0.3 is 25.0 Å². The monoisotopic (exact) mass is 397 g/mol. The van der Waals surface area contributed by atoms with Crippen LogP contribution < -0.4 is 25.0 Å². The first-order chi connectivity index (χ1) is 13.9. The lowest BCUT2D eigenvalue weighted by Crippen LogP contribution is -2.38. The van der Waals surface area contributed by atoms with E-state index in [1.54, 1.807) is 25.3 Å². The Bertz CT molecular complexity index is 911. The summed E-state index contributed by atoms with van der Waals surface area (Å²) in [5, 5.41) is 5.61. The van der Waals surface area contributed by atoms with Gasteiger partial charge in [-0.3, -0.25) is 4.79 Å². The Hall–Kier alpha value is -3.22. The van der Waals surface area contributed by atoms with Gasteiger partial charge in [0.2, 0.25) is 5.91 Å². The van der Waals surface area contributed by atoms with Gasteiger partial charge >= 0.3 is 6.03 Å². The van der Waals surface area contributed by atoms with Gasteiger partial charge in [0.05, 0.1) is 19.9 Å². The molecule has 0 atom stereocenters. The first-order valence-corrected chi connectivity index (χ1v) is 9.68. The van der Waals surface area contributed by atoms with E-state index in [4.69, 9.17) is 9.47 Å². The number of aryl methyl sites for hydroxylation is 1. The molecule has 3 amide bonds. The van der Waals surface area contributed by atoms with E-state index in [2.05, 4.69) is 10.6 Å². The van der Waals surface area contributed by atoms with Crippen LogP contribution in [-0.4, -0.2) is 32.7 Å². The maximum atomic E-state index is 12.6. The summed E-state index contributed by atoms with van der Waals surface area (Å²) >= 11 is 0. The second-order valence-electron chi connectivity index (χ2n) is 7.21. The van der Waals surface area contributed by atoms with Crippen LogP contribution in [0.15, 0.2) is 36.4 Å². The Morgan fingerprint density at radius 3 is 2.55 bits per heavy atom. The highest BCUT2D eigenvalue weighted by Crippen LogP contribution is 2.35.